The van der Waals surface area contributed by atoms with Gasteiger partial charge in [-0.1, -0.05) is 13.8 Å². The Bertz CT molecular complexity index is 409. The molecule has 0 saturated carbocycles. The third-order valence-corrected chi connectivity index (χ3v) is 3.37. The molecule has 0 rings (SSSR count). The maximum atomic E-state index is 12.4. The number of rotatable bonds is 8. The van der Waals surface area contributed by atoms with Crippen molar-refractivity contribution in [3.05, 3.63) is 0 Å². The number of amides is 3. The summed E-state index contributed by atoms with van der Waals surface area (Å²) in [6, 6.07) is -0.796. The zero-order chi connectivity index (χ0) is 17.5. The molecule has 0 bridgehead atoms. The number of hydrogen-bond donors (Lipinski definition) is 5. The fourth-order valence-electron chi connectivity index (χ4n) is 2.04. The fraction of sp³-hybridized carbons (Fsp3) is 0.786. The molecule has 8 heteroatoms. The van der Waals surface area contributed by atoms with E-state index >= 15 is 0 Å². The van der Waals surface area contributed by atoms with E-state index in [1.54, 1.807) is 6.92 Å². The second kappa shape index (κ2) is 8.70. The van der Waals surface area contributed by atoms with Crippen LogP contribution in [0.15, 0.2) is 0 Å². The largest absolute Gasteiger partial charge is 0.379 e. The second-order valence-corrected chi connectivity index (χ2v) is 5.90. The van der Waals surface area contributed by atoms with Gasteiger partial charge in [0.05, 0.1) is 5.92 Å². The van der Waals surface area contributed by atoms with E-state index in [9.17, 15) is 19.5 Å². The van der Waals surface area contributed by atoms with Gasteiger partial charge in [-0.25, -0.2) is 5.48 Å². The van der Waals surface area contributed by atoms with Crippen LogP contribution in [0.4, 0.5) is 0 Å². The molecule has 22 heavy (non-hydrogen) atoms. The average molecular weight is 317 g/mol. The first kappa shape index (κ1) is 20.3. The normalized spacial score (nSPS) is 16.4. The molecule has 0 unspecified atom stereocenters. The van der Waals surface area contributed by atoms with Crippen LogP contribution in [0.25, 0.3) is 0 Å². The van der Waals surface area contributed by atoms with Crippen LogP contribution in [0.1, 0.15) is 41.0 Å². The average Bonchev–Trinajstić information content (AvgIpc) is 2.43. The number of carbonyl (C=O) groups excluding carboxylic acids is 3. The molecule has 0 fully saturated rings. The van der Waals surface area contributed by atoms with Gasteiger partial charge in [-0.15, -0.1) is 0 Å². The summed E-state index contributed by atoms with van der Waals surface area (Å²) in [6.07, 6.45) is 0.217. The van der Waals surface area contributed by atoms with Crippen molar-refractivity contribution in [1.29, 1.82) is 0 Å². The molecular formula is C14H27N3O5. The number of nitrogens with one attached hydrogen (secondary N) is 3. The van der Waals surface area contributed by atoms with Gasteiger partial charge in [-0.3, -0.25) is 19.6 Å². The highest BCUT2D eigenvalue weighted by molar-refractivity contribution is 5.94. The van der Waals surface area contributed by atoms with Crippen LogP contribution in [0, 0.1) is 11.8 Å². The molecule has 0 radical (unpaired) electrons. The van der Waals surface area contributed by atoms with Gasteiger partial charge in [0.1, 0.15) is 6.04 Å². The van der Waals surface area contributed by atoms with E-state index in [0.717, 1.165) is 6.92 Å². The molecule has 0 spiro atoms. The topological polar surface area (TPSA) is 128 Å². The molecule has 0 saturated heterocycles. The smallest absolute Gasteiger partial charge is 0.275 e. The van der Waals surface area contributed by atoms with E-state index in [4.69, 9.17) is 5.21 Å². The van der Waals surface area contributed by atoms with Crippen molar-refractivity contribution in [1.82, 2.24) is 16.1 Å². The highest BCUT2D eigenvalue weighted by atomic mass is 16.5. The minimum Gasteiger partial charge on any atom is -0.379 e. The maximum absolute atomic E-state index is 12.4. The zero-order valence-corrected chi connectivity index (χ0v) is 13.8. The summed E-state index contributed by atoms with van der Waals surface area (Å²) in [6.45, 7) is 8.52. The Labute approximate surface area is 130 Å². The van der Waals surface area contributed by atoms with Crippen LogP contribution in [-0.2, 0) is 14.4 Å². The predicted molar refractivity (Wildman–Crippen MR) is 79.8 cm³/mol. The minimum atomic E-state index is -2.09. The molecule has 0 aromatic rings. The van der Waals surface area contributed by atoms with Crippen LogP contribution < -0.4 is 16.1 Å². The van der Waals surface area contributed by atoms with E-state index in [1.807, 2.05) is 13.8 Å². The van der Waals surface area contributed by atoms with Crippen molar-refractivity contribution in [3.63, 3.8) is 0 Å². The Morgan fingerprint density at radius 1 is 1.14 bits per heavy atom. The Morgan fingerprint density at radius 3 is 2.09 bits per heavy atom. The molecule has 0 heterocycles. The molecule has 0 aliphatic heterocycles. The monoisotopic (exact) mass is 317 g/mol. The van der Waals surface area contributed by atoms with Crippen molar-refractivity contribution < 1.29 is 24.7 Å². The van der Waals surface area contributed by atoms with Crippen molar-refractivity contribution >= 4 is 17.7 Å². The Balaban J connectivity index is 5.15. The summed E-state index contributed by atoms with van der Waals surface area (Å²) in [5.74, 6) is -3.13. The lowest BCUT2D eigenvalue weighted by molar-refractivity contribution is -0.159. The van der Waals surface area contributed by atoms with Gasteiger partial charge in [-0.05, 0) is 33.1 Å². The molecule has 8 nitrogen and oxygen atoms in total. The van der Waals surface area contributed by atoms with Gasteiger partial charge in [0.25, 0.3) is 5.91 Å². The molecular weight excluding hydrogens is 290 g/mol. The molecule has 3 atom stereocenters. The SMILES string of the molecule is CCNC(=O)[C@H](C)NC(=O)[C@H](CC(C)C)[C@@](C)(O)C(=O)NO. The lowest BCUT2D eigenvalue weighted by Crippen LogP contribution is -2.56. The zero-order valence-electron chi connectivity index (χ0n) is 13.8. The van der Waals surface area contributed by atoms with E-state index < -0.39 is 29.4 Å². The minimum absolute atomic E-state index is 0.0218. The second-order valence-electron chi connectivity index (χ2n) is 5.90. The third-order valence-electron chi connectivity index (χ3n) is 3.37. The van der Waals surface area contributed by atoms with Gasteiger partial charge in [0, 0.05) is 6.54 Å². The van der Waals surface area contributed by atoms with Crippen molar-refractivity contribution in [3.8, 4) is 0 Å². The van der Waals surface area contributed by atoms with Gasteiger partial charge in [-0.2, -0.15) is 0 Å². The molecule has 0 aliphatic rings. The quantitative estimate of drug-likeness (QED) is 0.306. The van der Waals surface area contributed by atoms with E-state index in [0.29, 0.717) is 6.54 Å². The highest BCUT2D eigenvalue weighted by Crippen LogP contribution is 2.25. The molecule has 0 aromatic carbocycles. The molecule has 0 aromatic heterocycles. The molecule has 0 aliphatic carbocycles. The summed E-state index contributed by atoms with van der Waals surface area (Å²) in [4.78, 5) is 35.6. The Hall–Kier alpha value is -1.67. The molecule has 3 amide bonds. The van der Waals surface area contributed by atoms with Gasteiger partial charge in [0.15, 0.2) is 5.60 Å². The number of hydrogen-bond acceptors (Lipinski definition) is 5. The summed E-state index contributed by atoms with van der Waals surface area (Å²) in [5, 5.41) is 24.1. The highest BCUT2D eigenvalue weighted by Gasteiger charge is 2.44. The Morgan fingerprint density at radius 2 is 1.68 bits per heavy atom. The number of carbonyl (C=O) groups is 3. The fourth-order valence-corrected chi connectivity index (χ4v) is 2.04. The summed E-state index contributed by atoms with van der Waals surface area (Å²) >= 11 is 0. The molecule has 128 valence electrons. The van der Waals surface area contributed by atoms with Crippen LogP contribution in [-0.4, -0.2) is 46.2 Å². The van der Waals surface area contributed by atoms with Gasteiger partial charge >= 0.3 is 0 Å². The first-order valence-electron chi connectivity index (χ1n) is 7.32. The summed E-state index contributed by atoms with van der Waals surface area (Å²) in [7, 11) is 0. The number of aliphatic hydroxyl groups is 1. The van der Waals surface area contributed by atoms with E-state index in [-0.39, 0.29) is 18.2 Å². The van der Waals surface area contributed by atoms with Crippen LogP contribution in [0.5, 0.6) is 0 Å². The lowest BCUT2D eigenvalue weighted by atomic mass is 9.81. The predicted octanol–water partition coefficient (Wildman–Crippen LogP) is -0.454. The third kappa shape index (κ3) is 5.61. The maximum Gasteiger partial charge on any atom is 0.275 e. The standard InChI is InChI=1S/C14H27N3O5/c1-6-15-11(18)9(4)16-12(19)10(7-8(2)3)14(5,21)13(20)17-22/h8-10,21-22H,6-7H2,1-5H3,(H,15,18)(H,16,19)(H,17,20)/t9-,10-,14+/m0/s1. The summed E-state index contributed by atoms with van der Waals surface area (Å²) in [5.41, 5.74) is -0.731. The van der Waals surface area contributed by atoms with Crippen molar-refractivity contribution in [2.24, 2.45) is 11.8 Å². The van der Waals surface area contributed by atoms with E-state index in [1.165, 1.54) is 12.4 Å². The first-order chi connectivity index (χ1) is 10.1. The molecule has 5 N–H and O–H groups in total. The van der Waals surface area contributed by atoms with Gasteiger partial charge < -0.3 is 15.7 Å². The van der Waals surface area contributed by atoms with Crippen LogP contribution >= 0.6 is 0 Å². The van der Waals surface area contributed by atoms with Gasteiger partial charge in [0.2, 0.25) is 11.8 Å². The van der Waals surface area contributed by atoms with Crippen molar-refractivity contribution in [2.75, 3.05) is 6.54 Å². The van der Waals surface area contributed by atoms with Crippen molar-refractivity contribution in [2.45, 2.75) is 52.7 Å². The van der Waals surface area contributed by atoms with Crippen LogP contribution in [0.2, 0.25) is 0 Å². The summed E-state index contributed by atoms with van der Waals surface area (Å²) < 4.78 is 0. The Kier molecular flexibility index (Phi) is 8.04. The van der Waals surface area contributed by atoms with E-state index in [2.05, 4.69) is 10.6 Å². The number of hydroxylamine groups is 1. The lowest BCUT2D eigenvalue weighted by Gasteiger charge is -2.31. The van der Waals surface area contributed by atoms with Crippen LogP contribution in [0.3, 0.4) is 0 Å². The number of likely N-dealkylation sites (N-methyl/N-ethyl adjacent to an activating group) is 1. The first-order valence-corrected chi connectivity index (χ1v) is 7.32.